The second kappa shape index (κ2) is 6.46. The van der Waals surface area contributed by atoms with Crippen LogP contribution in [-0.2, 0) is 11.2 Å². The van der Waals surface area contributed by atoms with Crippen molar-refractivity contribution in [2.45, 2.75) is 27.2 Å². The minimum Gasteiger partial charge on any atom is -0.320 e. The Labute approximate surface area is 162 Å². The Bertz CT molecular complexity index is 1020. The monoisotopic (exact) mass is 379 g/mol. The van der Waals surface area contributed by atoms with Crippen LogP contribution in [0.2, 0.25) is 0 Å². The van der Waals surface area contributed by atoms with Crippen molar-refractivity contribution in [1.82, 2.24) is 4.98 Å². The summed E-state index contributed by atoms with van der Waals surface area (Å²) in [6.07, 6.45) is 0.837. The van der Waals surface area contributed by atoms with Gasteiger partial charge in [0, 0.05) is 23.3 Å². The molecule has 0 spiro atoms. The van der Waals surface area contributed by atoms with E-state index in [1.807, 2.05) is 68.1 Å². The molecule has 27 heavy (non-hydrogen) atoms. The van der Waals surface area contributed by atoms with Crippen LogP contribution in [0.15, 0.2) is 42.5 Å². The van der Waals surface area contributed by atoms with Gasteiger partial charge in [0.15, 0.2) is 5.01 Å². The van der Waals surface area contributed by atoms with Crippen LogP contribution in [-0.4, -0.2) is 23.3 Å². The SMILES string of the molecule is CC(C)(C)C(=O)N1CCc2ccc(NC(=O)c3nc4ccccc4s3)cc21. The molecule has 1 aliphatic heterocycles. The second-order valence-corrected chi connectivity index (χ2v) is 8.77. The fourth-order valence-corrected chi connectivity index (χ4v) is 4.09. The van der Waals surface area contributed by atoms with Crippen molar-refractivity contribution in [3.8, 4) is 0 Å². The molecule has 2 aromatic carbocycles. The molecule has 0 radical (unpaired) electrons. The Balaban J connectivity index is 1.58. The minimum absolute atomic E-state index is 0.0934. The van der Waals surface area contributed by atoms with Crippen molar-refractivity contribution in [1.29, 1.82) is 0 Å². The number of amides is 2. The number of carbonyl (C=O) groups is 2. The number of benzene rings is 2. The molecule has 2 heterocycles. The van der Waals surface area contributed by atoms with Crippen molar-refractivity contribution in [3.63, 3.8) is 0 Å². The van der Waals surface area contributed by atoms with E-state index in [-0.39, 0.29) is 11.8 Å². The quantitative estimate of drug-likeness (QED) is 0.714. The summed E-state index contributed by atoms with van der Waals surface area (Å²) in [4.78, 5) is 31.5. The predicted molar refractivity (Wildman–Crippen MR) is 110 cm³/mol. The molecular formula is C21H21N3O2S. The number of fused-ring (bicyclic) bond motifs is 2. The van der Waals surface area contributed by atoms with Gasteiger partial charge in [-0.15, -0.1) is 11.3 Å². The number of para-hydroxylation sites is 1. The highest BCUT2D eigenvalue weighted by atomic mass is 32.1. The summed E-state index contributed by atoms with van der Waals surface area (Å²) in [6, 6.07) is 13.4. The number of hydrogen-bond acceptors (Lipinski definition) is 4. The van der Waals surface area contributed by atoms with Crippen LogP contribution in [0.3, 0.4) is 0 Å². The predicted octanol–water partition coefficient (Wildman–Crippen LogP) is 4.48. The van der Waals surface area contributed by atoms with Crippen molar-refractivity contribution < 1.29 is 9.59 Å². The van der Waals surface area contributed by atoms with Gasteiger partial charge in [-0.05, 0) is 36.2 Å². The lowest BCUT2D eigenvalue weighted by Gasteiger charge is -2.26. The van der Waals surface area contributed by atoms with E-state index in [9.17, 15) is 9.59 Å². The number of nitrogens with one attached hydrogen (secondary N) is 1. The van der Waals surface area contributed by atoms with E-state index in [1.165, 1.54) is 11.3 Å². The highest BCUT2D eigenvalue weighted by Gasteiger charge is 2.32. The van der Waals surface area contributed by atoms with E-state index in [0.29, 0.717) is 17.2 Å². The number of aromatic nitrogens is 1. The molecule has 3 aromatic rings. The van der Waals surface area contributed by atoms with Gasteiger partial charge in [-0.2, -0.15) is 0 Å². The molecule has 0 fully saturated rings. The lowest BCUT2D eigenvalue weighted by molar-refractivity contribution is -0.125. The molecule has 1 aliphatic rings. The van der Waals surface area contributed by atoms with Crippen LogP contribution < -0.4 is 10.2 Å². The lowest BCUT2D eigenvalue weighted by atomic mass is 9.94. The Kier molecular flexibility index (Phi) is 4.23. The third kappa shape index (κ3) is 3.32. The fraction of sp³-hybridized carbons (Fsp3) is 0.286. The number of carbonyl (C=O) groups excluding carboxylic acids is 2. The first-order valence-corrected chi connectivity index (χ1v) is 9.76. The topological polar surface area (TPSA) is 62.3 Å². The summed E-state index contributed by atoms with van der Waals surface area (Å²) in [7, 11) is 0. The summed E-state index contributed by atoms with van der Waals surface area (Å²) < 4.78 is 0.985. The zero-order valence-electron chi connectivity index (χ0n) is 15.6. The van der Waals surface area contributed by atoms with E-state index in [0.717, 1.165) is 27.9 Å². The third-order valence-electron chi connectivity index (χ3n) is 4.61. The van der Waals surface area contributed by atoms with E-state index in [2.05, 4.69) is 10.3 Å². The molecule has 138 valence electrons. The molecule has 0 aliphatic carbocycles. The average molecular weight is 379 g/mol. The van der Waals surface area contributed by atoms with Crippen molar-refractivity contribution in [3.05, 3.63) is 53.0 Å². The summed E-state index contributed by atoms with van der Waals surface area (Å²) in [6.45, 7) is 6.45. The van der Waals surface area contributed by atoms with Crippen molar-refractivity contribution >= 4 is 44.7 Å². The van der Waals surface area contributed by atoms with Gasteiger partial charge in [-0.1, -0.05) is 39.0 Å². The van der Waals surface area contributed by atoms with Gasteiger partial charge in [-0.25, -0.2) is 4.98 Å². The maximum atomic E-state index is 12.7. The van der Waals surface area contributed by atoms with E-state index < -0.39 is 5.41 Å². The van der Waals surface area contributed by atoms with Crippen molar-refractivity contribution in [2.75, 3.05) is 16.8 Å². The van der Waals surface area contributed by atoms with E-state index in [4.69, 9.17) is 0 Å². The molecule has 1 N–H and O–H groups in total. The molecule has 4 rings (SSSR count). The van der Waals surface area contributed by atoms with Crippen LogP contribution in [0.1, 0.15) is 36.1 Å². The summed E-state index contributed by atoms with van der Waals surface area (Å²) in [5.41, 5.74) is 3.07. The number of rotatable bonds is 2. The first-order chi connectivity index (χ1) is 12.8. The first-order valence-electron chi connectivity index (χ1n) is 8.95. The number of thiazole rings is 1. The van der Waals surface area contributed by atoms with Crippen LogP contribution in [0.4, 0.5) is 11.4 Å². The Hall–Kier alpha value is -2.73. The summed E-state index contributed by atoms with van der Waals surface area (Å²) >= 11 is 1.37. The molecule has 1 aromatic heterocycles. The van der Waals surface area contributed by atoms with Crippen molar-refractivity contribution in [2.24, 2.45) is 5.41 Å². The van der Waals surface area contributed by atoms with Gasteiger partial charge in [0.2, 0.25) is 5.91 Å². The smallest absolute Gasteiger partial charge is 0.284 e. The van der Waals surface area contributed by atoms with Gasteiger partial charge in [0.05, 0.1) is 10.2 Å². The molecule has 0 saturated carbocycles. The molecule has 0 saturated heterocycles. The second-order valence-electron chi connectivity index (χ2n) is 7.74. The Morgan fingerprint density at radius 1 is 1.15 bits per heavy atom. The van der Waals surface area contributed by atoms with Gasteiger partial charge < -0.3 is 10.2 Å². The fourth-order valence-electron chi connectivity index (χ4n) is 3.23. The zero-order chi connectivity index (χ0) is 19.2. The minimum atomic E-state index is -0.443. The highest BCUT2D eigenvalue weighted by Crippen LogP contribution is 2.34. The number of nitrogens with zero attached hydrogens (tertiary/aromatic N) is 2. The number of anilines is 2. The normalized spacial score (nSPS) is 13.7. The Morgan fingerprint density at radius 3 is 2.67 bits per heavy atom. The van der Waals surface area contributed by atoms with E-state index >= 15 is 0 Å². The maximum Gasteiger partial charge on any atom is 0.284 e. The zero-order valence-corrected chi connectivity index (χ0v) is 16.4. The highest BCUT2D eigenvalue weighted by molar-refractivity contribution is 7.20. The Morgan fingerprint density at radius 2 is 1.93 bits per heavy atom. The van der Waals surface area contributed by atoms with Crippen LogP contribution >= 0.6 is 11.3 Å². The molecule has 2 amide bonds. The molecule has 0 unspecified atom stereocenters. The maximum absolute atomic E-state index is 12.7. The first kappa shape index (κ1) is 17.7. The van der Waals surface area contributed by atoms with E-state index in [1.54, 1.807) is 0 Å². The molecular weight excluding hydrogens is 358 g/mol. The molecule has 0 atom stereocenters. The summed E-state index contributed by atoms with van der Waals surface area (Å²) in [5, 5.41) is 3.35. The molecule has 0 bridgehead atoms. The molecule has 6 heteroatoms. The number of hydrogen-bond donors (Lipinski definition) is 1. The summed E-state index contributed by atoms with van der Waals surface area (Å²) in [5.74, 6) is -0.140. The van der Waals surface area contributed by atoms with Crippen LogP contribution in [0.5, 0.6) is 0 Å². The van der Waals surface area contributed by atoms with Gasteiger partial charge in [0.25, 0.3) is 5.91 Å². The van der Waals surface area contributed by atoms with Gasteiger partial charge in [0.1, 0.15) is 0 Å². The average Bonchev–Trinajstić information content (AvgIpc) is 3.24. The van der Waals surface area contributed by atoms with Crippen LogP contribution in [0.25, 0.3) is 10.2 Å². The lowest BCUT2D eigenvalue weighted by Crippen LogP contribution is -2.38. The standard InChI is InChI=1S/C21H21N3O2S/c1-21(2,3)20(26)24-11-10-13-8-9-14(12-16(13)24)22-18(25)19-23-15-6-4-5-7-17(15)27-19/h4-9,12H,10-11H2,1-3H3,(H,22,25). The van der Waals surface area contributed by atoms with Gasteiger partial charge >= 0.3 is 0 Å². The van der Waals surface area contributed by atoms with Crippen LogP contribution in [0, 0.1) is 5.41 Å². The van der Waals surface area contributed by atoms with Gasteiger partial charge in [-0.3, -0.25) is 9.59 Å². The third-order valence-corrected chi connectivity index (χ3v) is 5.65. The molecule has 5 nitrogen and oxygen atoms in total. The largest absolute Gasteiger partial charge is 0.320 e.